The summed E-state index contributed by atoms with van der Waals surface area (Å²) < 4.78 is 34.9. The number of carbonyl (C=O) groups excluding carboxylic acids is 3. The van der Waals surface area contributed by atoms with Crippen molar-refractivity contribution in [1.29, 1.82) is 0 Å². The van der Waals surface area contributed by atoms with E-state index in [9.17, 15) is 23.2 Å². The molecule has 2 saturated heterocycles. The van der Waals surface area contributed by atoms with Crippen molar-refractivity contribution in [2.24, 2.45) is 0 Å². The van der Waals surface area contributed by atoms with Gasteiger partial charge in [0.25, 0.3) is 0 Å². The molecule has 0 bridgehead atoms. The van der Waals surface area contributed by atoms with Crippen LogP contribution in [0.15, 0.2) is 48.7 Å². The van der Waals surface area contributed by atoms with Gasteiger partial charge in [0.15, 0.2) is 17.4 Å². The number of ether oxygens (including phenoxy) is 1. The molecule has 11 heteroatoms. The Balaban J connectivity index is 1.30. The van der Waals surface area contributed by atoms with Crippen LogP contribution in [0.1, 0.15) is 86.1 Å². The molecular weight excluding hydrogens is 568 g/mol. The van der Waals surface area contributed by atoms with Gasteiger partial charge in [-0.3, -0.25) is 14.5 Å². The zero-order chi connectivity index (χ0) is 31.8. The van der Waals surface area contributed by atoms with Crippen LogP contribution < -0.4 is 0 Å². The molecule has 0 N–H and O–H groups in total. The number of amides is 2. The first-order chi connectivity index (χ1) is 20.8. The van der Waals surface area contributed by atoms with Gasteiger partial charge in [-0.2, -0.15) is 0 Å². The molecule has 2 amide bonds. The molecule has 0 aliphatic carbocycles. The average Bonchev–Trinajstić information content (AvgIpc) is 3.71. The van der Waals surface area contributed by atoms with Gasteiger partial charge >= 0.3 is 6.09 Å². The van der Waals surface area contributed by atoms with Crippen LogP contribution >= 0.6 is 0 Å². The second-order valence-corrected chi connectivity index (χ2v) is 12.9. The second kappa shape index (κ2) is 12.5. The van der Waals surface area contributed by atoms with Gasteiger partial charge in [0, 0.05) is 56.1 Å². The molecular formula is C33H39F2N5O4. The fourth-order valence-corrected chi connectivity index (χ4v) is 6.12. The number of aromatic nitrogens is 3. The van der Waals surface area contributed by atoms with E-state index in [2.05, 4.69) is 10.3 Å². The molecule has 4 atom stereocenters. The highest BCUT2D eigenvalue weighted by atomic mass is 19.2. The lowest BCUT2D eigenvalue weighted by Crippen LogP contribution is -2.50. The molecule has 9 nitrogen and oxygen atoms in total. The summed E-state index contributed by atoms with van der Waals surface area (Å²) in [6.07, 6.45) is 2.77. The lowest BCUT2D eigenvalue weighted by atomic mass is 9.92. The maximum absolute atomic E-state index is 14.0. The maximum atomic E-state index is 14.0. The zero-order valence-electron chi connectivity index (χ0n) is 25.8. The van der Waals surface area contributed by atoms with E-state index in [1.54, 1.807) is 42.6 Å². The molecule has 0 radical (unpaired) electrons. The van der Waals surface area contributed by atoms with E-state index in [1.807, 2.05) is 38.1 Å². The van der Waals surface area contributed by atoms with Gasteiger partial charge in [-0.25, -0.2) is 18.3 Å². The van der Waals surface area contributed by atoms with Crippen LogP contribution in [0, 0.1) is 18.6 Å². The third kappa shape index (κ3) is 6.81. The smallest absolute Gasteiger partial charge is 0.411 e. The van der Waals surface area contributed by atoms with Crippen molar-refractivity contribution >= 4 is 17.8 Å². The molecule has 2 fully saturated rings. The van der Waals surface area contributed by atoms with Crippen molar-refractivity contribution in [2.75, 3.05) is 13.1 Å². The van der Waals surface area contributed by atoms with E-state index in [4.69, 9.17) is 4.74 Å². The first-order valence-corrected chi connectivity index (χ1v) is 15.1. The first-order valence-electron chi connectivity index (χ1n) is 15.1. The number of ketones is 1. The van der Waals surface area contributed by atoms with Crippen molar-refractivity contribution in [3.63, 3.8) is 0 Å². The Bertz CT molecular complexity index is 1530. The monoisotopic (exact) mass is 607 g/mol. The molecule has 1 aromatic heterocycles. The number of aryl methyl sites for hydroxylation is 2. The minimum Gasteiger partial charge on any atom is -0.444 e. The Morgan fingerprint density at radius 3 is 2.43 bits per heavy atom. The zero-order valence-corrected chi connectivity index (χ0v) is 25.8. The van der Waals surface area contributed by atoms with Crippen LogP contribution in [0.4, 0.5) is 13.6 Å². The van der Waals surface area contributed by atoms with Crippen molar-refractivity contribution in [3.8, 4) is 0 Å². The predicted octanol–water partition coefficient (Wildman–Crippen LogP) is 5.64. The minimum absolute atomic E-state index is 0.0172. The fourth-order valence-electron chi connectivity index (χ4n) is 6.12. The number of halogens is 2. The van der Waals surface area contributed by atoms with Gasteiger partial charge in [-0.15, -0.1) is 5.10 Å². The standard InChI is InChI=1S/C33H39F2N5O4/c1-20-6-8-22(9-7-20)30(41)13-11-24-18-40(37-36-24)25-17-29(39(19-25)32(43)44-33(3,4)5)31(42)38-15-14-26(21(38)2)23-10-12-27(34)28(35)16-23/h6-10,12,16,18,21,25-26,29H,11,13-15,17,19H2,1-5H3/t21?,25?,26?,29-/m0/s1. The van der Waals surface area contributed by atoms with Gasteiger partial charge < -0.3 is 9.64 Å². The summed E-state index contributed by atoms with van der Waals surface area (Å²) in [7, 11) is 0. The highest BCUT2D eigenvalue weighted by Crippen LogP contribution is 2.37. The topological polar surface area (TPSA) is 97.6 Å². The van der Waals surface area contributed by atoms with E-state index in [-0.39, 0.29) is 42.7 Å². The fraction of sp³-hybridized carbons (Fsp3) is 0.485. The van der Waals surface area contributed by atoms with Gasteiger partial charge in [-0.05, 0) is 58.7 Å². The van der Waals surface area contributed by atoms with Crippen molar-refractivity contribution in [1.82, 2.24) is 24.8 Å². The summed E-state index contributed by atoms with van der Waals surface area (Å²) >= 11 is 0. The number of rotatable bonds is 7. The van der Waals surface area contributed by atoms with Crippen LogP contribution in [-0.4, -0.2) is 73.4 Å². The van der Waals surface area contributed by atoms with E-state index >= 15 is 0 Å². The summed E-state index contributed by atoms with van der Waals surface area (Å²) in [4.78, 5) is 43.2. The molecule has 3 heterocycles. The van der Waals surface area contributed by atoms with Crippen LogP contribution in [0.25, 0.3) is 0 Å². The number of nitrogens with zero attached hydrogens (tertiary/aromatic N) is 5. The summed E-state index contributed by atoms with van der Waals surface area (Å²) in [6.45, 7) is 9.79. The number of hydrogen-bond donors (Lipinski definition) is 0. The van der Waals surface area contributed by atoms with Gasteiger partial charge in [-0.1, -0.05) is 41.1 Å². The Kier molecular flexibility index (Phi) is 8.85. The van der Waals surface area contributed by atoms with E-state index in [0.717, 1.165) is 11.6 Å². The highest BCUT2D eigenvalue weighted by molar-refractivity contribution is 5.96. The maximum Gasteiger partial charge on any atom is 0.411 e. The number of likely N-dealkylation sites (tertiary alicyclic amines) is 2. The second-order valence-electron chi connectivity index (χ2n) is 12.9. The summed E-state index contributed by atoms with van der Waals surface area (Å²) in [5, 5.41) is 8.55. The summed E-state index contributed by atoms with van der Waals surface area (Å²) in [5.74, 6) is -2.20. The Labute approximate surface area is 256 Å². The van der Waals surface area contributed by atoms with Gasteiger partial charge in [0.2, 0.25) is 5.91 Å². The molecule has 44 heavy (non-hydrogen) atoms. The quantitative estimate of drug-likeness (QED) is 0.323. The van der Waals surface area contributed by atoms with Crippen LogP contribution in [-0.2, 0) is 16.0 Å². The highest BCUT2D eigenvalue weighted by Gasteiger charge is 2.47. The third-order valence-electron chi connectivity index (χ3n) is 8.52. The SMILES string of the molecule is Cc1ccc(C(=O)CCc2cn(C3C[C@@H](C(=O)N4CCC(c5ccc(F)c(F)c5)C4C)N(C(=O)OC(C)(C)C)C3)nn2)cc1. The summed E-state index contributed by atoms with van der Waals surface area (Å²) in [5.41, 5.74) is 2.26. The molecule has 234 valence electrons. The van der Waals surface area contributed by atoms with Gasteiger partial charge in [0.05, 0.1) is 11.7 Å². The molecule has 5 rings (SSSR count). The Morgan fingerprint density at radius 2 is 1.75 bits per heavy atom. The minimum atomic E-state index is -0.916. The Morgan fingerprint density at radius 1 is 1.02 bits per heavy atom. The van der Waals surface area contributed by atoms with E-state index in [0.29, 0.717) is 42.6 Å². The van der Waals surface area contributed by atoms with Crippen molar-refractivity contribution in [3.05, 3.63) is 82.7 Å². The van der Waals surface area contributed by atoms with E-state index in [1.165, 1.54) is 11.0 Å². The molecule has 3 aromatic rings. The molecule has 0 saturated carbocycles. The van der Waals surface area contributed by atoms with Crippen LogP contribution in [0.5, 0.6) is 0 Å². The number of benzene rings is 2. The molecule has 2 aliphatic rings. The average molecular weight is 608 g/mol. The number of hydrogen-bond acceptors (Lipinski definition) is 6. The summed E-state index contributed by atoms with van der Waals surface area (Å²) in [6, 6.07) is 9.90. The predicted molar refractivity (Wildman–Crippen MR) is 159 cm³/mol. The van der Waals surface area contributed by atoms with Crippen LogP contribution in [0.2, 0.25) is 0 Å². The third-order valence-corrected chi connectivity index (χ3v) is 8.52. The number of carbonyl (C=O) groups is 3. The largest absolute Gasteiger partial charge is 0.444 e. The molecule has 2 aliphatic heterocycles. The molecule has 3 unspecified atom stereocenters. The van der Waals surface area contributed by atoms with Crippen molar-refractivity contribution < 1.29 is 27.9 Å². The normalized spacial score (nSPS) is 22.0. The van der Waals surface area contributed by atoms with Gasteiger partial charge in [0.1, 0.15) is 11.6 Å². The van der Waals surface area contributed by atoms with Crippen molar-refractivity contribution in [2.45, 2.75) is 89.9 Å². The number of Topliss-reactive ketones (excluding diaryl/α,β-unsaturated/α-hetero) is 1. The lowest BCUT2D eigenvalue weighted by molar-refractivity contribution is -0.136. The van der Waals surface area contributed by atoms with E-state index < -0.39 is 29.4 Å². The molecule has 2 aromatic carbocycles. The van der Waals surface area contributed by atoms with Crippen LogP contribution in [0.3, 0.4) is 0 Å². The first kappa shape index (κ1) is 31.3. The lowest BCUT2D eigenvalue weighted by Gasteiger charge is -2.32. The molecule has 0 spiro atoms. The Hall–Kier alpha value is -4.15.